The first-order chi connectivity index (χ1) is 22.1. The maximum absolute atomic E-state index is 12.2. The van der Waals surface area contributed by atoms with Crippen molar-refractivity contribution >= 4 is 11.7 Å². The Kier molecular flexibility index (Phi) is 16.0. The van der Waals surface area contributed by atoms with Crippen molar-refractivity contribution in [1.82, 2.24) is 10.2 Å². The van der Waals surface area contributed by atoms with E-state index < -0.39 is 6.29 Å². The molecule has 2 amide bonds. The van der Waals surface area contributed by atoms with Crippen molar-refractivity contribution in [1.29, 1.82) is 0 Å². The second-order valence-corrected chi connectivity index (χ2v) is 10.8. The molecule has 45 heavy (non-hydrogen) atoms. The highest BCUT2D eigenvalue weighted by Crippen LogP contribution is 2.38. The first kappa shape index (κ1) is 35.2. The van der Waals surface area contributed by atoms with Crippen LogP contribution in [-0.4, -0.2) is 114 Å². The monoisotopic (exact) mass is 631 g/mol. The highest BCUT2D eigenvalue weighted by atomic mass is 16.7. The van der Waals surface area contributed by atoms with Gasteiger partial charge < -0.3 is 48.9 Å². The molecule has 0 bridgehead atoms. The number of benzene rings is 2. The van der Waals surface area contributed by atoms with Crippen molar-refractivity contribution in [2.24, 2.45) is 0 Å². The van der Waals surface area contributed by atoms with Gasteiger partial charge in [0.15, 0.2) is 6.29 Å². The van der Waals surface area contributed by atoms with Crippen LogP contribution < -0.4 is 10.6 Å². The van der Waals surface area contributed by atoms with E-state index in [0.717, 1.165) is 16.7 Å². The Balaban J connectivity index is 1.45. The molecule has 2 fully saturated rings. The Morgan fingerprint density at radius 1 is 0.800 bits per heavy atom. The molecule has 3 N–H and O–H groups in total. The minimum atomic E-state index is -0.645. The smallest absolute Gasteiger partial charge is 0.319 e. The van der Waals surface area contributed by atoms with E-state index in [2.05, 4.69) is 15.5 Å². The average Bonchev–Trinajstić information content (AvgIpc) is 3.05. The van der Waals surface area contributed by atoms with Crippen molar-refractivity contribution in [3.8, 4) is 0 Å². The molecule has 2 saturated heterocycles. The van der Waals surface area contributed by atoms with Crippen LogP contribution in [0.5, 0.6) is 0 Å². The lowest BCUT2D eigenvalue weighted by atomic mass is 9.99. The zero-order chi connectivity index (χ0) is 31.5. The second-order valence-electron chi connectivity index (χ2n) is 10.8. The summed E-state index contributed by atoms with van der Waals surface area (Å²) < 4.78 is 41.5. The van der Waals surface area contributed by atoms with Crippen molar-refractivity contribution in [3.63, 3.8) is 0 Å². The molecule has 4 rings (SSSR count). The maximum Gasteiger partial charge on any atom is 0.319 e. The van der Waals surface area contributed by atoms with E-state index in [1.54, 1.807) is 0 Å². The van der Waals surface area contributed by atoms with E-state index in [1.807, 2.05) is 55.5 Å². The Labute approximate surface area is 266 Å². The van der Waals surface area contributed by atoms with Crippen LogP contribution >= 0.6 is 0 Å². The van der Waals surface area contributed by atoms with Gasteiger partial charge >= 0.3 is 6.03 Å². The average molecular weight is 632 g/mol. The number of ether oxygens (including phenoxy) is 7. The number of hydrogen-bond donors (Lipinski definition) is 3. The van der Waals surface area contributed by atoms with Crippen LogP contribution in [0.4, 0.5) is 10.5 Å². The molecule has 2 aromatic rings. The van der Waals surface area contributed by atoms with Gasteiger partial charge in [-0.15, -0.1) is 0 Å². The number of hydrogen-bond acceptors (Lipinski definition) is 10. The number of aliphatic hydroxyl groups is 1. The largest absolute Gasteiger partial charge is 0.392 e. The summed E-state index contributed by atoms with van der Waals surface area (Å²) >= 11 is 0. The topological polar surface area (TPSA) is 129 Å². The zero-order valence-electron chi connectivity index (χ0n) is 26.3. The van der Waals surface area contributed by atoms with Crippen LogP contribution in [-0.2, 0) is 39.8 Å². The van der Waals surface area contributed by atoms with Crippen molar-refractivity contribution < 1.29 is 43.1 Å². The highest BCUT2D eigenvalue weighted by molar-refractivity contribution is 5.89. The van der Waals surface area contributed by atoms with Crippen molar-refractivity contribution in [2.45, 2.75) is 38.4 Å². The van der Waals surface area contributed by atoms with Crippen LogP contribution in [0.2, 0.25) is 0 Å². The number of carbonyl (C=O) groups is 1. The van der Waals surface area contributed by atoms with Gasteiger partial charge in [-0.05, 0) is 30.2 Å². The van der Waals surface area contributed by atoms with Gasteiger partial charge in [-0.3, -0.25) is 4.90 Å². The molecular formula is C33H49N3O9. The number of anilines is 1. The van der Waals surface area contributed by atoms with E-state index in [9.17, 15) is 9.90 Å². The highest BCUT2D eigenvalue weighted by Gasteiger charge is 2.33. The number of carbonyl (C=O) groups excluding carboxylic acids is 1. The summed E-state index contributed by atoms with van der Waals surface area (Å²) in [7, 11) is 0. The molecule has 2 heterocycles. The maximum atomic E-state index is 12.2. The molecule has 0 radical (unpaired) electrons. The molecule has 12 nitrogen and oxygen atoms in total. The predicted molar refractivity (Wildman–Crippen MR) is 168 cm³/mol. The number of aliphatic hydroxyl groups excluding tert-OH is 1. The van der Waals surface area contributed by atoms with E-state index in [-0.39, 0.29) is 24.8 Å². The van der Waals surface area contributed by atoms with E-state index in [4.69, 9.17) is 33.2 Å². The first-order valence-corrected chi connectivity index (χ1v) is 15.9. The fourth-order valence-corrected chi connectivity index (χ4v) is 5.08. The van der Waals surface area contributed by atoms with Gasteiger partial charge in [-0.2, -0.15) is 0 Å². The summed E-state index contributed by atoms with van der Waals surface area (Å²) in [5.41, 5.74) is 3.32. The Morgan fingerprint density at radius 3 is 1.98 bits per heavy atom. The summed E-state index contributed by atoms with van der Waals surface area (Å²) in [4.78, 5) is 14.4. The lowest BCUT2D eigenvalue weighted by Gasteiger charge is -2.38. The van der Waals surface area contributed by atoms with Gasteiger partial charge in [-0.25, -0.2) is 4.79 Å². The normalized spacial score (nSPS) is 23.8. The molecular weight excluding hydrogens is 582 g/mol. The molecule has 3 unspecified atom stereocenters. The van der Waals surface area contributed by atoms with Gasteiger partial charge in [0.1, 0.15) is 0 Å². The van der Waals surface area contributed by atoms with Crippen LogP contribution in [0.3, 0.4) is 0 Å². The summed E-state index contributed by atoms with van der Waals surface area (Å²) in [5.74, 6) is 0. The first-order valence-electron chi connectivity index (χ1n) is 15.9. The molecule has 2 aliphatic heterocycles. The SMILES string of the molecule is CCNC(=O)Nc1cccc(C2OC(CN3CCOCCOCCOCCOCCOCC3)CC(c3ccc(CO)cc3)O2)c1. The van der Waals surface area contributed by atoms with Crippen LogP contribution in [0, 0.1) is 0 Å². The molecule has 0 saturated carbocycles. The van der Waals surface area contributed by atoms with Gasteiger partial charge in [0.25, 0.3) is 0 Å². The molecule has 2 aromatic carbocycles. The molecule has 0 aliphatic carbocycles. The zero-order valence-corrected chi connectivity index (χ0v) is 26.3. The number of rotatable bonds is 7. The lowest BCUT2D eigenvalue weighted by molar-refractivity contribution is -0.253. The minimum Gasteiger partial charge on any atom is -0.392 e. The molecule has 3 atom stereocenters. The number of nitrogens with zero attached hydrogens (tertiary/aromatic N) is 1. The fourth-order valence-electron chi connectivity index (χ4n) is 5.08. The third-order valence-corrected chi connectivity index (χ3v) is 7.42. The Morgan fingerprint density at radius 2 is 1.40 bits per heavy atom. The fraction of sp³-hybridized carbons (Fsp3) is 0.606. The lowest BCUT2D eigenvalue weighted by Crippen LogP contribution is -2.42. The second kappa shape index (κ2) is 20.5. The van der Waals surface area contributed by atoms with E-state index >= 15 is 0 Å². The summed E-state index contributed by atoms with van der Waals surface area (Å²) in [6, 6.07) is 15.1. The van der Waals surface area contributed by atoms with Crippen LogP contribution in [0.1, 0.15) is 42.4 Å². The molecule has 0 aromatic heterocycles. The van der Waals surface area contributed by atoms with E-state index in [1.165, 1.54) is 0 Å². The van der Waals surface area contributed by atoms with Crippen LogP contribution in [0.25, 0.3) is 0 Å². The van der Waals surface area contributed by atoms with Crippen molar-refractivity contribution in [3.05, 3.63) is 65.2 Å². The quantitative estimate of drug-likeness (QED) is 0.419. The molecule has 250 valence electrons. The summed E-state index contributed by atoms with van der Waals surface area (Å²) in [6.07, 6.45) is -0.384. The molecule has 12 heteroatoms. The third-order valence-electron chi connectivity index (χ3n) is 7.42. The standard InChI is InChI=1S/C33H49N3O9/c1-2-34-33(38)35-29-5-3-4-28(22-29)32-44-30(23-31(45-32)27-8-6-26(25-37)7-9-27)24-36-10-12-39-14-16-41-18-20-43-21-19-42-17-15-40-13-11-36/h3-9,22,30-32,37H,2,10-21,23-25H2,1H3,(H2,34,35,38). The summed E-state index contributed by atoms with van der Waals surface area (Å²) in [6.45, 7) is 9.70. The predicted octanol–water partition coefficient (Wildman–Crippen LogP) is 3.26. The molecule has 0 spiro atoms. The van der Waals surface area contributed by atoms with Gasteiger partial charge in [0.05, 0.1) is 84.9 Å². The van der Waals surface area contributed by atoms with E-state index in [0.29, 0.717) is 104 Å². The minimum absolute atomic E-state index is 0.0165. The number of amides is 2. The van der Waals surface area contributed by atoms with Crippen LogP contribution in [0.15, 0.2) is 48.5 Å². The number of urea groups is 1. The summed E-state index contributed by atoms with van der Waals surface area (Å²) in [5, 5.41) is 15.2. The van der Waals surface area contributed by atoms with Gasteiger partial charge in [0.2, 0.25) is 0 Å². The Hall–Kier alpha value is -2.65. The van der Waals surface area contributed by atoms with Gasteiger partial charge in [0, 0.05) is 43.9 Å². The Bertz CT molecular complexity index is 1090. The van der Waals surface area contributed by atoms with Gasteiger partial charge in [-0.1, -0.05) is 36.4 Å². The van der Waals surface area contributed by atoms with Crippen molar-refractivity contribution in [2.75, 3.05) is 97.6 Å². The third kappa shape index (κ3) is 12.9. The number of nitrogens with one attached hydrogen (secondary N) is 2. The molecule has 2 aliphatic rings.